The number of nitrogen functional groups attached to an aromatic ring is 2. The number of anilines is 2. The van der Waals surface area contributed by atoms with Crippen molar-refractivity contribution in [1.29, 1.82) is 0 Å². The van der Waals surface area contributed by atoms with E-state index in [4.69, 9.17) is 20.9 Å². The van der Waals surface area contributed by atoms with Crippen molar-refractivity contribution in [2.45, 2.75) is 32.1 Å². The summed E-state index contributed by atoms with van der Waals surface area (Å²) in [5.41, 5.74) is 14.4. The summed E-state index contributed by atoms with van der Waals surface area (Å²) in [5, 5.41) is 0. The van der Waals surface area contributed by atoms with Crippen LogP contribution < -0.4 is 16.2 Å². The van der Waals surface area contributed by atoms with Crippen molar-refractivity contribution in [2.24, 2.45) is 11.8 Å². The highest BCUT2D eigenvalue weighted by Gasteiger charge is 2.26. The first-order chi connectivity index (χ1) is 15.4. The molecule has 1 aliphatic carbocycles. The lowest BCUT2D eigenvalue weighted by Gasteiger charge is -2.24. The van der Waals surface area contributed by atoms with Gasteiger partial charge in [-0.25, -0.2) is 4.79 Å². The Morgan fingerprint density at radius 1 is 1.03 bits per heavy atom. The smallest absolute Gasteiger partial charge is 0.330 e. The molecule has 0 bridgehead atoms. The van der Waals surface area contributed by atoms with E-state index >= 15 is 0 Å². The summed E-state index contributed by atoms with van der Waals surface area (Å²) in [6.07, 6.45) is 9.15. The molecule has 1 aliphatic rings. The van der Waals surface area contributed by atoms with Gasteiger partial charge >= 0.3 is 11.9 Å². The fraction of sp³-hybridized carbons (Fsp3) is 0.308. The fourth-order valence-corrected chi connectivity index (χ4v) is 3.75. The first-order valence-electron chi connectivity index (χ1n) is 10.9. The van der Waals surface area contributed by atoms with Crippen molar-refractivity contribution in [2.75, 3.05) is 18.1 Å². The SMILES string of the molecule is C=CC1CCC(C(=O)Oc2ccc(/C=C/C(=O)OCCc3ccc(N)cc3N)cc2)CC1. The second-order valence-corrected chi connectivity index (χ2v) is 8.05. The van der Waals surface area contributed by atoms with Gasteiger partial charge in [0.1, 0.15) is 5.75 Å². The van der Waals surface area contributed by atoms with E-state index in [-0.39, 0.29) is 18.5 Å². The van der Waals surface area contributed by atoms with Crippen molar-refractivity contribution in [3.8, 4) is 5.75 Å². The Morgan fingerprint density at radius 3 is 2.41 bits per heavy atom. The molecule has 0 spiro atoms. The average molecular weight is 435 g/mol. The van der Waals surface area contributed by atoms with Crippen LogP contribution in [0, 0.1) is 11.8 Å². The van der Waals surface area contributed by atoms with Crippen LogP contribution in [0.3, 0.4) is 0 Å². The normalized spacial score (nSPS) is 18.2. The van der Waals surface area contributed by atoms with E-state index in [1.54, 1.807) is 42.5 Å². The molecular formula is C26H30N2O4. The van der Waals surface area contributed by atoms with Crippen LogP contribution in [0.2, 0.25) is 0 Å². The quantitative estimate of drug-likeness (QED) is 0.208. The zero-order valence-corrected chi connectivity index (χ0v) is 18.2. The number of benzene rings is 2. The Kier molecular flexibility index (Phi) is 8.08. The van der Waals surface area contributed by atoms with Gasteiger partial charge in [0.2, 0.25) is 0 Å². The van der Waals surface area contributed by atoms with E-state index in [9.17, 15) is 9.59 Å². The third kappa shape index (κ3) is 6.74. The van der Waals surface area contributed by atoms with E-state index in [0.29, 0.717) is 29.5 Å². The van der Waals surface area contributed by atoms with Gasteiger partial charge in [-0.05, 0) is 73.1 Å². The molecule has 0 radical (unpaired) electrons. The topological polar surface area (TPSA) is 105 Å². The van der Waals surface area contributed by atoms with Crippen molar-refractivity contribution in [1.82, 2.24) is 0 Å². The number of allylic oxidation sites excluding steroid dienone is 1. The summed E-state index contributed by atoms with van der Waals surface area (Å²) in [6.45, 7) is 4.05. The molecular weight excluding hydrogens is 404 g/mol. The molecule has 0 saturated heterocycles. The second-order valence-electron chi connectivity index (χ2n) is 8.05. The van der Waals surface area contributed by atoms with Crippen LogP contribution >= 0.6 is 0 Å². The van der Waals surface area contributed by atoms with Crippen LogP contribution in [-0.2, 0) is 20.7 Å². The van der Waals surface area contributed by atoms with Gasteiger partial charge in [-0.1, -0.05) is 24.3 Å². The molecule has 0 unspecified atom stereocenters. The monoisotopic (exact) mass is 434 g/mol. The van der Waals surface area contributed by atoms with E-state index in [1.807, 2.05) is 12.1 Å². The van der Waals surface area contributed by atoms with Crippen LogP contribution in [-0.4, -0.2) is 18.5 Å². The molecule has 32 heavy (non-hydrogen) atoms. The number of carbonyl (C=O) groups excluding carboxylic acids is 2. The second kappa shape index (κ2) is 11.2. The molecule has 0 aromatic heterocycles. The summed E-state index contributed by atoms with van der Waals surface area (Å²) in [4.78, 5) is 24.3. The van der Waals surface area contributed by atoms with Crippen molar-refractivity contribution in [3.05, 3.63) is 72.3 Å². The molecule has 4 N–H and O–H groups in total. The standard InChI is InChI=1S/C26H30N2O4/c1-2-18-3-8-21(9-4-18)26(30)32-23-12-5-19(6-13-23)7-14-25(29)31-16-15-20-10-11-22(27)17-24(20)28/h2,5-7,10-14,17-18,21H,1,3-4,8-9,15-16,27-28H2/b14-7+. The van der Waals surface area contributed by atoms with E-state index in [1.165, 1.54) is 6.08 Å². The van der Waals surface area contributed by atoms with Gasteiger partial charge < -0.3 is 20.9 Å². The van der Waals surface area contributed by atoms with Crippen LogP contribution in [0.4, 0.5) is 11.4 Å². The molecule has 1 fully saturated rings. The summed E-state index contributed by atoms with van der Waals surface area (Å²) in [5.74, 6) is 0.337. The lowest BCUT2D eigenvalue weighted by molar-refractivity contribution is -0.140. The third-order valence-electron chi connectivity index (χ3n) is 5.73. The summed E-state index contributed by atoms with van der Waals surface area (Å²) in [6, 6.07) is 12.3. The van der Waals surface area contributed by atoms with Gasteiger partial charge in [0.05, 0.1) is 12.5 Å². The molecule has 0 heterocycles. The number of rotatable bonds is 8. The third-order valence-corrected chi connectivity index (χ3v) is 5.73. The summed E-state index contributed by atoms with van der Waals surface area (Å²) < 4.78 is 10.7. The highest BCUT2D eigenvalue weighted by atomic mass is 16.5. The van der Waals surface area contributed by atoms with Gasteiger partial charge in [0, 0.05) is 23.9 Å². The number of nitrogens with two attached hydrogens (primary N) is 2. The lowest BCUT2D eigenvalue weighted by atomic mass is 9.82. The minimum atomic E-state index is -0.440. The Bertz CT molecular complexity index is 974. The number of esters is 2. The highest BCUT2D eigenvalue weighted by Crippen LogP contribution is 2.30. The molecule has 0 aliphatic heterocycles. The molecule has 2 aromatic carbocycles. The van der Waals surface area contributed by atoms with Gasteiger partial charge in [0.15, 0.2) is 0 Å². The predicted molar refractivity (Wildman–Crippen MR) is 127 cm³/mol. The first-order valence-corrected chi connectivity index (χ1v) is 10.9. The van der Waals surface area contributed by atoms with Gasteiger partial charge in [-0.15, -0.1) is 6.58 Å². The molecule has 6 nitrogen and oxygen atoms in total. The van der Waals surface area contributed by atoms with Crippen molar-refractivity contribution < 1.29 is 19.1 Å². The zero-order chi connectivity index (χ0) is 22.9. The fourth-order valence-electron chi connectivity index (χ4n) is 3.75. The molecule has 2 aromatic rings. The van der Waals surface area contributed by atoms with E-state index in [0.717, 1.165) is 36.8 Å². The molecule has 1 saturated carbocycles. The minimum Gasteiger partial charge on any atom is -0.462 e. The minimum absolute atomic E-state index is 0.0517. The first kappa shape index (κ1) is 23.1. The Balaban J connectivity index is 1.42. The summed E-state index contributed by atoms with van der Waals surface area (Å²) >= 11 is 0. The van der Waals surface area contributed by atoms with Gasteiger partial charge in [0.25, 0.3) is 0 Å². The Morgan fingerprint density at radius 2 is 1.75 bits per heavy atom. The number of hydrogen-bond acceptors (Lipinski definition) is 6. The molecule has 168 valence electrons. The molecule has 3 rings (SSSR count). The largest absolute Gasteiger partial charge is 0.462 e. The molecule has 0 amide bonds. The molecule has 6 heteroatoms. The highest BCUT2D eigenvalue weighted by molar-refractivity contribution is 5.87. The maximum atomic E-state index is 12.4. The van der Waals surface area contributed by atoms with E-state index < -0.39 is 5.97 Å². The van der Waals surface area contributed by atoms with Gasteiger partial charge in [-0.3, -0.25) is 4.79 Å². The number of carbonyl (C=O) groups is 2. The predicted octanol–water partition coefficient (Wildman–Crippen LogP) is 4.55. The van der Waals surface area contributed by atoms with Crippen LogP contribution in [0.15, 0.2) is 61.2 Å². The zero-order valence-electron chi connectivity index (χ0n) is 18.2. The Labute approximate surface area is 188 Å². The van der Waals surface area contributed by atoms with Crippen LogP contribution in [0.25, 0.3) is 6.08 Å². The van der Waals surface area contributed by atoms with E-state index in [2.05, 4.69) is 6.58 Å². The van der Waals surface area contributed by atoms with Crippen molar-refractivity contribution in [3.63, 3.8) is 0 Å². The number of ether oxygens (including phenoxy) is 2. The van der Waals surface area contributed by atoms with Crippen LogP contribution in [0.1, 0.15) is 36.8 Å². The van der Waals surface area contributed by atoms with Crippen molar-refractivity contribution >= 4 is 29.4 Å². The maximum Gasteiger partial charge on any atom is 0.330 e. The summed E-state index contributed by atoms with van der Waals surface area (Å²) in [7, 11) is 0. The molecule has 0 atom stereocenters. The number of hydrogen-bond donors (Lipinski definition) is 2. The maximum absolute atomic E-state index is 12.4. The van der Waals surface area contributed by atoms with Crippen LogP contribution in [0.5, 0.6) is 5.75 Å². The van der Waals surface area contributed by atoms with Gasteiger partial charge in [-0.2, -0.15) is 0 Å². The lowest BCUT2D eigenvalue weighted by Crippen LogP contribution is -2.25. The Hall–Kier alpha value is -3.54. The average Bonchev–Trinajstić information content (AvgIpc) is 2.80.